The molecule has 0 aliphatic carbocycles. The predicted octanol–water partition coefficient (Wildman–Crippen LogP) is 3.50. The minimum absolute atomic E-state index is 0.408. The van der Waals surface area contributed by atoms with Crippen molar-refractivity contribution in [2.45, 2.75) is 13.8 Å². The first kappa shape index (κ1) is 18.0. The molecule has 0 fully saturated rings. The van der Waals surface area contributed by atoms with Crippen molar-refractivity contribution in [3.8, 4) is 5.75 Å². The molecule has 0 unspecified atom stereocenters. The molecule has 2 rings (SSSR count). The van der Waals surface area contributed by atoms with Crippen molar-refractivity contribution >= 4 is 46.0 Å². The lowest BCUT2D eigenvalue weighted by atomic mass is 10.1. The van der Waals surface area contributed by atoms with Gasteiger partial charge < -0.3 is 15.4 Å². The first-order valence-corrected chi connectivity index (χ1v) is 8.15. The van der Waals surface area contributed by atoms with Crippen molar-refractivity contribution in [1.82, 2.24) is 10.9 Å². The summed E-state index contributed by atoms with van der Waals surface area (Å²) in [5.41, 5.74) is 9.80. The zero-order valence-corrected chi connectivity index (χ0v) is 15.4. The third-order valence-electron chi connectivity index (χ3n) is 3.28. The SMILES string of the molecule is COc1ccc(NC(=S)NNC(=S)Nc2cc(C)ccc2C)cc1. The highest BCUT2D eigenvalue weighted by Crippen LogP contribution is 2.16. The smallest absolute Gasteiger partial charge is 0.189 e. The van der Waals surface area contributed by atoms with Crippen molar-refractivity contribution in [3.05, 3.63) is 53.6 Å². The number of rotatable bonds is 3. The molecule has 2 aromatic carbocycles. The normalized spacial score (nSPS) is 9.79. The number of methoxy groups -OCH3 is 1. The van der Waals surface area contributed by atoms with Gasteiger partial charge in [0.15, 0.2) is 10.2 Å². The van der Waals surface area contributed by atoms with Gasteiger partial charge in [-0.1, -0.05) is 12.1 Å². The lowest BCUT2D eigenvalue weighted by molar-refractivity contribution is 0.415. The fraction of sp³-hybridized carbons (Fsp3) is 0.176. The van der Waals surface area contributed by atoms with Gasteiger partial charge in [0.1, 0.15) is 5.75 Å². The molecule has 126 valence electrons. The van der Waals surface area contributed by atoms with E-state index in [1.807, 2.05) is 50.2 Å². The summed E-state index contributed by atoms with van der Waals surface area (Å²) < 4.78 is 5.11. The number of nitrogens with one attached hydrogen (secondary N) is 4. The van der Waals surface area contributed by atoms with Crippen LogP contribution in [0.3, 0.4) is 0 Å². The summed E-state index contributed by atoms with van der Waals surface area (Å²) in [5, 5.41) is 7.03. The fourth-order valence-electron chi connectivity index (χ4n) is 1.97. The Bertz CT molecular complexity index is 732. The molecular weight excluding hydrogens is 340 g/mol. The number of hydrogen-bond acceptors (Lipinski definition) is 3. The van der Waals surface area contributed by atoms with Crippen molar-refractivity contribution < 1.29 is 4.74 Å². The molecule has 0 saturated heterocycles. The van der Waals surface area contributed by atoms with Crippen LogP contribution in [0.2, 0.25) is 0 Å². The van der Waals surface area contributed by atoms with E-state index in [9.17, 15) is 0 Å². The summed E-state index contributed by atoms with van der Waals surface area (Å²) in [6.07, 6.45) is 0. The Kier molecular flexibility index (Phi) is 6.34. The third-order valence-corrected chi connectivity index (χ3v) is 3.69. The van der Waals surface area contributed by atoms with Crippen LogP contribution in [0.1, 0.15) is 11.1 Å². The zero-order valence-electron chi connectivity index (χ0n) is 13.8. The van der Waals surface area contributed by atoms with Crippen LogP contribution < -0.4 is 26.2 Å². The number of ether oxygens (including phenoxy) is 1. The molecule has 0 bridgehead atoms. The molecule has 7 heteroatoms. The van der Waals surface area contributed by atoms with E-state index >= 15 is 0 Å². The molecule has 0 radical (unpaired) electrons. The second-order valence-electron chi connectivity index (χ2n) is 5.21. The summed E-state index contributed by atoms with van der Waals surface area (Å²) in [6.45, 7) is 4.06. The van der Waals surface area contributed by atoms with E-state index in [1.54, 1.807) is 7.11 Å². The average Bonchev–Trinajstić information content (AvgIpc) is 2.57. The Balaban J connectivity index is 1.82. The van der Waals surface area contributed by atoms with Crippen molar-refractivity contribution in [2.75, 3.05) is 17.7 Å². The molecule has 0 spiro atoms. The van der Waals surface area contributed by atoms with Crippen LogP contribution in [-0.4, -0.2) is 17.3 Å². The molecule has 0 aliphatic rings. The van der Waals surface area contributed by atoms with E-state index < -0.39 is 0 Å². The molecule has 0 atom stereocenters. The fourth-order valence-corrected chi connectivity index (χ4v) is 2.30. The molecule has 0 aromatic heterocycles. The monoisotopic (exact) mass is 360 g/mol. The number of aryl methyl sites for hydroxylation is 2. The number of hydrogen-bond donors (Lipinski definition) is 4. The highest BCUT2D eigenvalue weighted by Gasteiger charge is 2.03. The van der Waals surface area contributed by atoms with Crippen LogP contribution in [0.15, 0.2) is 42.5 Å². The van der Waals surface area contributed by atoms with E-state index in [0.29, 0.717) is 10.2 Å². The van der Waals surface area contributed by atoms with Crippen LogP contribution in [-0.2, 0) is 0 Å². The maximum atomic E-state index is 5.27. The minimum atomic E-state index is 0.408. The second-order valence-corrected chi connectivity index (χ2v) is 6.02. The molecule has 24 heavy (non-hydrogen) atoms. The molecule has 0 saturated carbocycles. The summed E-state index contributed by atoms with van der Waals surface area (Å²) in [5.74, 6) is 0.788. The summed E-state index contributed by atoms with van der Waals surface area (Å²) >= 11 is 10.5. The van der Waals surface area contributed by atoms with Gasteiger partial charge in [0.2, 0.25) is 0 Å². The van der Waals surface area contributed by atoms with Crippen LogP contribution in [0.4, 0.5) is 11.4 Å². The second kappa shape index (κ2) is 8.47. The van der Waals surface area contributed by atoms with Gasteiger partial charge in [-0.3, -0.25) is 10.9 Å². The van der Waals surface area contributed by atoms with Crippen LogP contribution in [0.5, 0.6) is 5.75 Å². The van der Waals surface area contributed by atoms with E-state index in [2.05, 4.69) is 27.6 Å². The summed E-state index contributed by atoms with van der Waals surface area (Å²) in [7, 11) is 1.63. The number of benzene rings is 2. The quantitative estimate of drug-likeness (QED) is 0.494. The molecular formula is C17H20N4OS2. The molecule has 4 N–H and O–H groups in total. The Morgan fingerprint density at radius 1 is 0.875 bits per heavy atom. The van der Waals surface area contributed by atoms with Crippen molar-refractivity contribution in [1.29, 1.82) is 0 Å². The Hall–Kier alpha value is -2.38. The molecule has 0 aliphatic heterocycles. The molecule has 2 aromatic rings. The molecule has 5 nitrogen and oxygen atoms in total. The first-order valence-electron chi connectivity index (χ1n) is 7.33. The predicted molar refractivity (Wildman–Crippen MR) is 108 cm³/mol. The number of hydrazine groups is 1. The standard InChI is InChI=1S/C17H20N4OS2/c1-11-4-5-12(2)15(10-11)19-17(24)21-20-16(23)18-13-6-8-14(22-3)9-7-13/h4-10H,1-3H3,(H2,18,20,23)(H2,19,21,24). The topological polar surface area (TPSA) is 57.4 Å². The van der Waals surface area contributed by atoms with E-state index in [-0.39, 0.29) is 0 Å². The first-order chi connectivity index (χ1) is 11.5. The van der Waals surface area contributed by atoms with Crippen molar-refractivity contribution in [2.24, 2.45) is 0 Å². The van der Waals surface area contributed by atoms with Gasteiger partial charge in [0, 0.05) is 11.4 Å². The molecule has 0 heterocycles. The van der Waals surface area contributed by atoms with Gasteiger partial charge in [-0.2, -0.15) is 0 Å². The van der Waals surface area contributed by atoms with Gasteiger partial charge in [0.25, 0.3) is 0 Å². The van der Waals surface area contributed by atoms with Crippen molar-refractivity contribution in [3.63, 3.8) is 0 Å². The Morgan fingerprint density at radius 3 is 2.12 bits per heavy atom. The van der Waals surface area contributed by atoms with Gasteiger partial charge in [0.05, 0.1) is 7.11 Å². The Morgan fingerprint density at radius 2 is 1.50 bits per heavy atom. The van der Waals surface area contributed by atoms with E-state index in [4.69, 9.17) is 29.2 Å². The van der Waals surface area contributed by atoms with Gasteiger partial charge >= 0.3 is 0 Å². The van der Waals surface area contributed by atoms with Crippen LogP contribution in [0.25, 0.3) is 0 Å². The van der Waals surface area contributed by atoms with Crippen LogP contribution >= 0.6 is 24.4 Å². The zero-order chi connectivity index (χ0) is 17.5. The van der Waals surface area contributed by atoms with Gasteiger partial charge in [-0.25, -0.2) is 0 Å². The van der Waals surface area contributed by atoms with Gasteiger partial charge in [-0.05, 0) is 79.7 Å². The summed E-state index contributed by atoms with van der Waals surface area (Å²) in [4.78, 5) is 0. The average molecular weight is 361 g/mol. The highest BCUT2D eigenvalue weighted by atomic mass is 32.1. The Labute approximate surface area is 152 Å². The lowest BCUT2D eigenvalue weighted by Gasteiger charge is -2.15. The highest BCUT2D eigenvalue weighted by molar-refractivity contribution is 7.81. The van der Waals surface area contributed by atoms with Gasteiger partial charge in [-0.15, -0.1) is 0 Å². The maximum Gasteiger partial charge on any atom is 0.189 e. The summed E-state index contributed by atoms with van der Waals surface area (Å²) in [6, 6.07) is 13.6. The lowest BCUT2D eigenvalue weighted by Crippen LogP contribution is -2.45. The number of anilines is 2. The molecule has 0 amide bonds. The number of thiocarbonyl (C=S) groups is 2. The minimum Gasteiger partial charge on any atom is -0.497 e. The third kappa shape index (κ3) is 5.36. The largest absolute Gasteiger partial charge is 0.497 e. The van der Waals surface area contributed by atoms with Crippen LogP contribution in [0, 0.1) is 13.8 Å². The van der Waals surface area contributed by atoms with E-state index in [1.165, 1.54) is 0 Å². The van der Waals surface area contributed by atoms with E-state index in [0.717, 1.165) is 28.3 Å². The maximum absolute atomic E-state index is 5.27.